The van der Waals surface area contributed by atoms with E-state index in [1.165, 1.54) is 17.4 Å². The van der Waals surface area contributed by atoms with Gasteiger partial charge in [-0.2, -0.15) is 11.3 Å². The Kier molecular flexibility index (Phi) is 3.52. The number of aliphatic carboxylic acids is 1. The molecule has 0 unspecified atom stereocenters. The molecule has 0 radical (unpaired) electrons. The van der Waals surface area contributed by atoms with Crippen molar-refractivity contribution in [3.8, 4) is 0 Å². The molecule has 0 aliphatic heterocycles. The fraction of sp³-hybridized carbons (Fsp3) is 0.222. The number of carboxylic acids is 1. The molecule has 0 aromatic carbocycles. The van der Waals surface area contributed by atoms with E-state index in [-0.39, 0.29) is 5.76 Å². The van der Waals surface area contributed by atoms with Crippen molar-refractivity contribution in [1.29, 1.82) is 0 Å². The molecule has 0 spiro atoms. The van der Waals surface area contributed by atoms with Crippen LogP contribution in [0.2, 0.25) is 0 Å². The average Bonchev–Trinajstić information content (AvgIpc) is 2.56. The molecule has 1 aromatic rings. The van der Waals surface area contributed by atoms with E-state index in [1.807, 2.05) is 16.8 Å². The van der Waals surface area contributed by atoms with Gasteiger partial charge in [-0.1, -0.05) is 0 Å². The summed E-state index contributed by atoms with van der Waals surface area (Å²) in [6.07, 6.45) is 1.52. The van der Waals surface area contributed by atoms with E-state index in [9.17, 15) is 4.79 Å². The van der Waals surface area contributed by atoms with Crippen molar-refractivity contribution >= 4 is 23.4 Å². The molecule has 1 rings (SSSR count). The topological polar surface area (TPSA) is 46.5 Å². The average molecular weight is 198 g/mol. The van der Waals surface area contributed by atoms with Crippen LogP contribution in [0.15, 0.2) is 22.6 Å². The zero-order valence-corrected chi connectivity index (χ0v) is 8.00. The molecule has 1 heterocycles. The third-order valence-electron chi connectivity index (χ3n) is 1.35. The molecule has 0 atom stereocenters. The minimum absolute atomic E-state index is 0.0131. The number of ether oxygens (including phenoxy) is 1. The van der Waals surface area contributed by atoms with E-state index in [1.54, 1.807) is 6.92 Å². The third-order valence-corrected chi connectivity index (χ3v) is 2.05. The second-order valence-electron chi connectivity index (χ2n) is 2.30. The van der Waals surface area contributed by atoms with Gasteiger partial charge >= 0.3 is 5.97 Å². The molecule has 0 bridgehead atoms. The molecule has 1 aromatic heterocycles. The van der Waals surface area contributed by atoms with Crippen molar-refractivity contribution in [2.24, 2.45) is 0 Å². The van der Waals surface area contributed by atoms with Crippen molar-refractivity contribution in [2.75, 3.05) is 6.61 Å². The minimum atomic E-state index is -1.03. The first-order valence-electron chi connectivity index (χ1n) is 3.84. The maximum atomic E-state index is 10.6. The van der Waals surface area contributed by atoms with Gasteiger partial charge in [0.05, 0.1) is 6.61 Å². The van der Waals surface area contributed by atoms with Crippen LogP contribution in [0.1, 0.15) is 12.5 Å². The molecule has 0 aliphatic carbocycles. The van der Waals surface area contributed by atoms with Crippen LogP contribution in [-0.2, 0) is 9.53 Å². The summed E-state index contributed by atoms with van der Waals surface area (Å²) in [4.78, 5) is 10.6. The summed E-state index contributed by atoms with van der Waals surface area (Å²) < 4.78 is 4.94. The van der Waals surface area contributed by atoms with Crippen molar-refractivity contribution in [3.63, 3.8) is 0 Å². The molecule has 4 heteroatoms. The summed E-state index contributed by atoms with van der Waals surface area (Å²) in [6.45, 7) is 2.12. The number of hydrogen-bond donors (Lipinski definition) is 1. The van der Waals surface area contributed by atoms with Crippen molar-refractivity contribution in [3.05, 3.63) is 28.1 Å². The number of thiophene rings is 1. The van der Waals surface area contributed by atoms with Crippen molar-refractivity contribution in [2.45, 2.75) is 6.92 Å². The number of carbonyl (C=O) groups is 1. The molecule has 0 aliphatic rings. The summed E-state index contributed by atoms with van der Waals surface area (Å²) >= 11 is 1.52. The van der Waals surface area contributed by atoms with Gasteiger partial charge in [-0.15, -0.1) is 0 Å². The lowest BCUT2D eigenvalue weighted by Crippen LogP contribution is -2.04. The standard InChI is InChI=1S/C9H10O3S/c1-2-12-8(9(10)11)5-7-3-4-13-6-7/h3-6H,2H2,1H3,(H,10,11)/b8-5-. The SMILES string of the molecule is CCO/C(=C\c1ccsc1)C(=O)O. The first-order chi connectivity index (χ1) is 6.24. The van der Waals surface area contributed by atoms with E-state index in [0.717, 1.165) is 5.56 Å². The van der Waals surface area contributed by atoms with Gasteiger partial charge in [-0.3, -0.25) is 0 Å². The predicted molar refractivity (Wildman–Crippen MR) is 51.6 cm³/mol. The Labute approximate surface area is 80.3 Å². The largest absolute Gasteiger partial charge is 0.487 e. The monoisotopic (exact) mass is 198 g/mol. The van der Waals surface area contributed by atoms with Gasteiger partial charge in [-0.25, -0.2) is 4.79 Å². The molecule has 0 fully saturated rings. The highest BCUT2D eigenvalue weighted by Crippen LogP contribution is 2.11. The molecule has 0 amide bonds. The normalized spacial score (nSPS) is 11.3. The molecule has 1 N–H and O–H groups in total. The van der Waals surface area contributed by atoms with Crippen LogP contribution in [0.4, 0.5) is 0 Å². The lowest BCUT2D eigenvalue weighted by molar-refractivity contribution is -0.136. The Bertz CT molecular complexity index is 301. The predicted octanol–water partition coefficient (Wildman–Crippen LogP) is 2.21. The molecule has 13 heavy (non-hydrogen) atoms. The Morgan fingerprint density at radius 3 is 3.00 bits per heavy atom. The zero-order chi connectivity index (χ0) is 9.68. The van der Waals surface area contributed by atoms with Gasteiger partial charge < -0.3 is 9.84 Å². The highest BCUT2D eigenvalue weighted by molar-refractivity contribution is 7.08. The van der Waals surface area contributed by atoms with Gasteiger partial charge in [0.15, 0.2) is 0 Å². The van der Waals surface area contributed by atoms with Crippen molar-refractivity contribution in [1.82, 2.24) is 0 Å². The fourth-order valence-electron chi connectivity index (χ4n) is 0.829. The smallest absolute Gasteiger partial charge is 0.371 e. The van der Waals surface area contributed by atoms with Crippen LogP contribution in [-0.4, -0.2) is 17.7 Å². The van der Waals surface area contributed by atoms with Gasteiger partial charge in [-0.05, 0) is 35.4 Å². The first-order valence-corrected chi connectivity index (χ1v) is 4.78. The van der Waals surface area contributed by atoms with E-state index in [4.69, 9.17) is 9.84 Å². The molecular formula is C9H10O3S. The van der Waals surface area contributed by atoms with Crippen molar-refractivity contribution < 1.29 is 14.6 Å². The molecule has 0 saturated heterocycles. The first kappa shape index (κ1) is 9.80. The second kappa shape index (κ2) is 4.67. The Balaban J connectivity index is 2.80. The van der Waals surface area contributed by atoms with Crippen LogP contribution >= 0.6 is 11.3 Å². The summed E-state index contributed by atoms with van der Waals surface area (Å²) in [5.41, 5.74) is 0.857. The molecule has 0 saturated carbocycles. The van der Waals surface area contributed by atoms with Crippen LogP contribution < -0.4 is 0 Å². The number of hydrogen-bond acceptors (Lipinski definition) is 3. The Hall–Kier alpha value is -1.29. The zero-order valence-electron chi connectivity index (χ0n) is 7.19. The van der Waals surface area contributed by atoms with E-state index in [2.05, 4.69) is 0 Å². The lowest BCUT2D eigenvalue weighted by Gasteiger charge is -2.01. The number of carboxylic acid groups (broad SMARTS) is 1. The Morgan fingerprint density at radius 1 is 1.77 bits per heavy atom. The molecular weight excluding hydrogens is 188 g/mol. The van der Waals surface area contributed by atoms with Crippen LogP contribution in [0.25, 0.3) is 6.08 Å². The van der Waals surface area contributed by atoms with E-state index >= 15 is 0 Å². The van der Waals surface area contributed by atoms with Gasteiger partial charge in [0.25, 0.3) is 0 Å². The quantitative estimate of drug-likeness (QED) is 0.596. The lowest BCUT2D eigenvalue weighted by atomic mass is 10.3. The maximum absolute atomic E-state index is 10.6. The van der Waals surface area contributed by atoms with Gasteiger partial charge in [0, 0.05) is 0 Å². The van der Waals surface area contributed by atoms with E-state index in [0.29, 0.717) is 6.61 Å². The summed E-state index contributed by atoms with van der Waals surface area (Å²) in [5, 5.41) is 12.5. The van der Waals surface area contributed by atoms with Gasteiger partial charge in [0.1, 0.15) is 0 Å². The van der Waals surface area contributed by atoms with Crippen LogP contribution in [0, 0.1) is 0 Å². The van der Waals surface area contributed by atoms with E-state index < -0.39 is 5.97 Å². The summed E-state index contributed by atoms with van der Waals surface area (Å²) in [7, 11) is 0. The maximum Gasteiger partial charge on any atom is 0.371 e. The fourth-order valence-corrected chi connectivity index (χ4v) is 1.45. The number of rotatable bonds is 4. The highest BCUT2D eigenvalue weighted by Gasteiger charge is 2.07. The minimum Gasteiger partial charge on any atom is -0.487 e. The second-order valence-corrected chi connectivity index (χ2v) is 3.08. The van der Waals surface area contributed by atoms with Gasteiger partial charge in [0.2, 0.25) is 5.76 Å². The van der Waals surface area contributed by atoms with Crippen LogP contribution in [0.5, 0.6) is 0 Å². The molecule has 3 nitrogen and oxygen atoms in total. The third kappa shape index (κ3) is 2.91. The Morgan fingerprint density at radius 2 is 2.54 bits per heavy atom. The van der Waals surface area contributed by atoms with Crippen LogP contribution in [0.3, 0.4) is 0 Å². The summed E-state index contributed by atoms with van der Waals surface area (Å²) in [6, 6.07) is 1.84. The highest BCUT2D eigenvalue weighted by atomic mass is 32.1. The summed E-state index contributed by atoms with van der Waals surface area (Å²) in [5.74, 6) is -1.05. The molecule has 70 valence electrons.